The first kappa shape index (κ1) is 16.6. The molecule has 2 aromatic rings. The molecule has 1 saturated heterocycles. The second-order valence-corrected chi connectivity index (χ2v) is 6.32. The number of aryl methyl sites for hydroxylation is 1. The first-order valence-electron chi connectivity index (χ1n) is 8.65. The molecule has 2 heterocycles. The van der Waals surface area contributed by atoms with Crippen molar-refractivity contribution in [3.8, 4) is 5.75 Å². The number of benzene rings is 1. The van der Waals surface area contributed by atoms with Gasteiger partial charge in [0.15, 0.2) is 0 Å². The van der Waals surface area contributed by atoms with E-state index in [1.807, 2.05) is 13.1 Å². The molecule has 6 heteroatoms. The number of anilines is 1. The Bertz CT molecular complexity index is 701. The molecule has 0 bridgehead atoms. The number of hydrogen-bond acceptors (Lipinski definition) is 4. The standard InChI is InChI=1S/C18H26N4O2/c1-21-17(13-18(23)20-21)19-8-5-11-24-16-7-4-6-15(12-16)14-22-9-2-3-10-22/h4,6-7,12-13,19H,2-3,5,8-11,14H2,1H3,(H,20,23). The van der Waals surface area contributed by atoms with Crippen LogP contribution in [0.1, 0.15) is 24.8 Å². The third kappa shape index (κ3) is 4.64. The van der Waals surface area contributed by atoms with Gasteiger partial charge < -0.3 is 10.1 Å². The summed E-state index contributed by atoms with van der Waals surface area (Å²) in [5.74, 6) is 1.73. The Morgan fingerprint density at radius 1 is 1.25 bits per heavy atom. The Labute approximate surface area is 142 Å². The van der Waals surface area contributed by atoms with Gasteiger partial charge in [-0.25, -0.2) is 0 Å². The van der Waals surface area contributed by atoms with Gasteiger partial charge in [0.2, 0.25) is 0 Å². The van der Waals surface area contributed by atoms with Crippen LogP contribution in [-0.4, -0.2) is 40.9 Å². The largest absolute Gasteiger partial charge is 0.494 e. The number of nitrogens with zero attached hydrogens (tertiary/aromatic N) is 2. The van der Waals surface area contributed by atoms with Crippen LogP contribution in [0, 0.1) is 0 Å². The fourth-order valence-electron chi connectivity index (χ4n) is 3.06. The van der Waals surface area contributed by atoms with Crippen molar-refractivity contribution in [2.75, 3.05) is 31.6 Å². The van der Waals surface area contributed by atoms with Gasteiger partial charge in [-0.1, -0.05) is 12.1 Å². The quantitative estimate of drug-likeness (QED) is 0.729. The predicted octanol–water partition coefficient (Wildman–Crippen LogP) is 2.19. The molecule has 0 aliphatic carbocycles. The number of aromatic nitrogens is 2. The van der Waals surface area contributed by atoms with Crippen LogP contribution in [0.25, 0.3) is 0 Å². The van der Waals surface area contributed by atoms with Gasteiger partial charge in [0.05, 0.1) is 6.61 Å². The van der Waals surface area contributed by atoms with E-state index in [1.165, 1.54) is 31.5 Å². The van der Waals surface area contributed by atoms with Crippen LogP contribution in [0.3, 0.4) is 0 Å². The van der Waals surface area contributed by atoms with Crippen LogP contribution in [0.4, 0.5) is 5.82 Å². The molecule has 1 aromatic carbocycles. The number of nitrogens with one attached hydrogen (secondary N) is 2. The molecular formula is C18H26N4O2. The lowest BCUT2D eigenvalue weighted by Gasteiger charge is -2.15. The number of aromatic amines is 1. The summed E-state index contributed by atoms with van der Waals surface area (Å²) in [5.41, 5.74) is 1.22. The lowest BCUT2D eigenvalue weighted by Crippen LogP contribution is -2.18. The maximum atomic E-state index is 11.2. The van der Waals surface area contributed by atoms with E-state index >= 15 is 0 Å². The van der Waals surface area contributed by atoms with Gasteiger partial charge in [-0.2, -0.15) is 0 Å². The molecule has 1 fully saturated rings. The molecule has 6 nitrogen and oxygen atoms in total. The van der Waals surface area contributed by atoms with Crippen molar-refractivity contribution in [2.24, 2.45) is 7.05 Å². The fraction of sp³-hybridized carbons (Fsp3) is 0.500. The van der Waals surface area contributed by atoms with Gasteiger partial charge in [-0.3, -0.25) is 19.5 Å². The lowest BCUT2D eigenvalue weighted by molar-refractivity contribution is 0.310. The molecule has 1 aliphatic rings. The molecule has 1 aromatic heterocycles. The summed E-state index contributed by atoms with van der Waals surface area (Å²) in [6, 6.07) is 9.94. The van der Waals surface area contributed by atoms with Crippen molar-refractivity contribution in [1.29, 1.82) is 0 Å². The SMILES string of the molecule is Cn1[nH]c(=O)cc1NCCCOc1cccc(CN2CCCC2)c1. The van der Waals surface area contributed by atoms with Crippen molar-refractivity contribution >= 4 is 5.82 Å². The number of ether oxygens (including phenoxy) is 1. The second-order valence-electron chi connectivity index (χ2n) is 6.32. The predicted molar refractivity (Wildman–Crippen MR) is 95.6 cm³/mol. The molecular weight excluding hydrogens is 304 g/mol. The smallest absolute Gasteiger partial charge is 0.266 e. The third-order valence-electron chi connectivity index (χ3n) is 4.31. The van der Waals surface area contributed by atoms with E-state index in [2.05, 4.69) is 33.5 Å². The topological polar surface area (TPSA) is 62.3 Å². The first-order valence-corrected chi connectivity index (χ1v) is 8.65. The van der Waals surface area contributed by atoms with E-state index < -0.39 is 0 Å². The minimum atomic E-state index is -0.0916. The molecule has 24 heavy (non-hydrogen) atoms. The average molecular weight is 330 g/mol. The Morgan fingerprint density at radius 3 is 2.83 bits per heavy atom. The second kappa shape index (κ2) is 8.06. The van der Waals surface area contributed by atoms with Crippen molar-refractivity contribution in [1.82, 2.24) is 14.7 Å². The number of likely N-dealkylation sites (tertiary alicyclic amines) is 1. The highest BCUT2D eigenvalue weighted by Gasteiger charge is 2.11. The summed E-state index contributed by atoms with van der Waals surface area (Å²) in [4.78, 5) is 13.7. The minimum Gasteiger partial charge on any atom is -0.494 e. The highest BCUT2D eigenvalue weighted by Crippen LogP contribution is 2.17. The van der Waals surface area contributed by atoms with Gasteiger partial charge >= 0.3 is 0 Å². The van der Waals surface area contributed by atoms with Crippen LogP contribution in [0.5, 0.6) is 5.75 Å². The van der Waals surface area contributed by atoms with Crippen LogP contribution in [0.15, 0.2) is 35.1 Å². The summed E-state index contributed by atoms with van der Waals surface area (Å²) in [7, 11) is 1.81. The van der Waals surface area contributed by atoms with Crippen molar-refractivity contribution < 1.29 is 4.74 Å². The van der Waals surface area contributed by atoms with Gasteiger partial charge in [-0.05, 0) is 50.0 Å². The first-order chi connectivity index (χ1) is 11.7. The molecule has 0 saturated carbocycles. The van der Waals surface area contributed by atoms with Crippen LogP contribution < -0.4 is 15.6 Å². The normalized spacial score (nSPS) is 14.9. The Morgan fingerprint density at radius 2 is 2.08 bits per heavy atom. The van der Waals surface area contributed by atoms with E-state index in [9.17, 15) is 4.79 Å². The summed E-state index contributed by atoms with van der Waals surface area (Å²) in [5, 5.41) is 5.90. The van der Waals surface area contributed by atoms with Gasteiger partial charge in [0.25, 0.3) is 5.56 Å². The average Bonchev–Trinajstić information content (AvgIpc) is 3.17. The Hall–Kier alpha value is -2.21. The molecule has 3 rings (SSSR count). The maximum absolute atomic E-state index is 11.2. The molecule has 0 amide bonds. The van der Waals surface area contributed by atoms with Crippen molar-refractivity contribution in [2.45, 2.75) is 25.8 Å². The fourth-order valence-corrected chi connectivity index (χ4v) is 3.06. The zero-order chi connectivity index (χ0) is 16.8. The number of hydrogen-bond donors (Lipinski definition) is 2. The minimum absolute atomic E-state index is 0.0916. The zero-order valence-corrected chi connectivity index (χ0v) is 14.3. The lowest BCUT2D eigenvalue weighted by atomic mass is 10.2. The molecule has 2 N–H and O–H groups in total. The zero-order valence-electron chi connectivity index (χ0n) is 14.3. The van der Waals surface area contributed by atoms with Gasteiger partial charge in [0.1, 0.15) is 11.6 Å². The summed E-state index contributed by atoms with van der Waals surface area (Å²) in [6.45, 7) is 4.84. The molecule has 130 valence electrons. The van der Waals surface area contributed by atoms with Crippen LogP contribution in [-0.2, 0) is 13.6 Å². The Kier molecular flexibility index (Phi) is 5.59. The summed E-state index contributed by atoms with van der Waals surface area (Å²) < 4.78 is 7.54. The van der Waals surface area contributed by atoms with E-state index in [-0.39, 0.29) is 5.56 Å². The van der Waals surface area contributed by atoms with E-state index in [1.54, 1.807) is 10.7 Å². The Balaban J connectivity index is 1.40. The highest BCUT2D eigenvalue weighted by atomic mass is 16.5. The van der Waals surface area contributed by atoms with Crippen LogP contribution in [0.2, 0.25) is 0 Å². The molecule has 0 atom stereocenters. The van der Waals surface area contributed by atoms with Crippen LogP contribution >= 0.6 is 0 Å². The number of rotatable bonds is 8. The molecule has 0 spiro atoms. The van der Waals surface area contributed by atoms with Crippen molar-refractivity contribution in [3.05, 3.63) is 46.2 Å². The summed E-state index contributed by atoms with van der Waals surface area (Å²) in [6.07, 6.45) is 3.50. The third-order valence-corrected chi connectivity index (χ3v) is 4.31. The van der Waals surface area contributed by atoms with E-state index in [4.69, 9.17) is 4.74 Å². The van der Waals surface area contributed by atoms with Gasteiger partial charge in [-0.15, -0.1) is 0 Å². The highest BCUT2D eigenvalue weighted by molar-refractivity contribution is 5.33. The number of H-pyrrole nitrogens is 1. The molecule has 0 radical (unpaired) electrons. The van der Waals surface area contributed by atoms with E-state index in [0.717, 1.165) is 31.1 Å². The molecule has 1 aliphatic heterocycles. The maximum Gasteiger partial charge on any atom is 0.266 e. The van der Waals surface area contributed by atoms with Gasteiger partial charge in [0, 0.05) is 26.2 Å². The molecule has 0 unspecified atom stereocenters. The monoisotopic (exact) mass is 330 g/mol. The summed E-state index contributed by atoms with van der Waals surface area (Å²) >= 11 is 0. The van der Waals surface area contributed by atoms with E-state index in [0.29, 0.717) is 6.61 Å². The van der Waals surface area contributed by atoms with Crippen molar-refractivity contribution in [3.63, 3.8) is 0 Å².